The van der Waals surface area contributed by atoms with Crippen molar-refractivity contribution >= 4 is 40.0 Å². The van der Waals surface area contributed by atoms with Gasteiger partial charge in [0.15, 0.2) is 0 Å². The highest BCUT2D eigenvalue weighted by molar-refractivity contribution is 5.93. The lowest BCUT2D eigenvalue weighted by Gasteiger charge is -2.34. The largest absolute Gasteiger partial charge is 0.353 e. The maximum absolute atomic E-state index is 12.5. The van der Waals surface area contributed by atoms with Crippen LogP contribution in [0.1, 0.15) is 5.56 Å². The Balaban J connectivity index is 1.06. The molecule has 0 saturated carbocycles. The normalized spacial score (nSPS) is 13.6. The van der Waals surface area contributed by atoms with E-state index in [9.17, 15) is 9.59 Å². The lowest BCUT2D eigenvalue weighted by atomic mass is 10.0. The molecule has 2 heterocycles. The highest BCUT2D eigenvalue weighted by Crippen LogP contribution is 2.26. The van der Waals surface area contributed by atoms with E-state index in [2.05, 4.69) is 31.5 Å². The van der Waals surface area contributed by atoms with Crippen LogP contribution in [0.25, 0.3) is 22.2 Å². The van der Waals surface area contributed by atoms with Gasteiger partial charge in [-0.2, -0.15) is 0 Å². The summed E-state index contributed by atoms with van der Waals surface area (Å²) in [5, 5.41) is 5.93. The second-order valence-corrected chi connectivity index (χ2v) is 10.4. The van der Waals surface area contributed by atoms with Gasteiger partial charge in [-0.1, -0.05) is 66.7 Å². The fourth-order valence-electron chi connectivity index (χ4n) is 5.13. The van der Waals surface area contributed by atoms with Gasteiger partial charge < -0.3 is 15.5 Å². The number of hydrogen-bond acceptors (Lipinski definition) is 6. The Kier molecular flexibility index (Phi) is 8.14. The summed E-state index contributed by atoms with van der Waals surface area (Å²) in [6, 6.07) is 33.2. The first-order valence-electron chi connectivity index (χ1n) is 14.1. The second kappa shape index (κ2) is 12.6. The van der Waals surface area contributed by atoms with Crippen molar-refractivity contribution in [2.45, 2.75) is 6.42 Å². The summed E-state index contributed by atoms with van der Waals surface area (Å²) in [5.41, 5.74) is 6.29. The molecular formula is C34H32N6O2. The molecule has 210 valence electrons. The summed E-state index contributed by atoms with van der Waals surface area (Å²) in [7, 11) is 0. The molecule has 4 aromatic carbocycles. The average molecular weight is 557 g/mol. The zero-order valence-corrected chi connectivity index (χ0v) is 23.2. The molecule has 0 aliphatic carbocycles. The summed E-state index contributed by atoms with van der Waals surface area (Å²) < 4.78 is 0. The van der Waals surface area contributed by atoms with E-state index in [1.165, 1.54) is 0 Å². The van der Waals surface area contributed by atoms with E-state index >= 15 is 0 Å². The third-order valence-electron chi connectivity index (χ3n) is 7.36. The monoisotopic (exact) mass is 556 g/mol. The number of benzene rings is 4. The molecule has 1 fully saturated rings. The Labute approximate surface area is 245 Å². The topological polar surface area (TPSA) is 90.5 Å². The molecule has 0 unspecified atom stereocenters. The standard InChI is InChI=1S/C34H32N6O2/c41-33(21-25-7-3-1-4-8-25)36-29-14-11-26(12-15-29)27-13-16-30-31(22-27)38-32(23-35-30)40-19-17-39(18-20-40)24-34(42)37-28-9-5-2-6-10-28/h1-16,22-23H,17-21,24H2,(H,36,41)(H,37,42). The number of carbonyl (C=O) groups is 2. The first-order valence-corrected chi connectivity index (χ1v) is 14.1. The van der Waals surface area contributed by atoms with Crippen molar-refractivity contribution in [3.8, 4) is 11.1 Å². The molecule has 0 bridgehead atoms. The highest BCUT2D eigenvalue weighted by Gasteiger charge is 2.20. The molecule has 0 spiro atoms. The number of nitrogens with zero attached hydrogens (tertiary/aromatic N) is 4. The third-order valence-corrected chi connectivity index (χ3v) is 7.36. The van der Waals surface area contributed by atoms with E-state index < -0.39 is 0 Å². The van der Waals surface area contributed by atoms with Crippen molar-refractivity contribution in [1.82, 2.24) is 14.9 Å². The molecule has 8 nitrogen and oxygen atoms in total. The van der Waals surface area contributed by atoms with Crippen molar-refractivity contribution in [3.63, 3.8) is 0 Å². The van der Waals surface area contributed by atoms with Gasteiger partial charge in [0.1, 0.15) is 5.82 Å². The quantitative estimate of drug-likeness (QED) is 0.272. The number of carbonyl (C=O) groups excluding carboxylic acids is 2. The Hall–Kier alpha value is -5.08. The lowest BCUT2D eigenvalue weighted by Crippen LogP contribution is -2.49. The van der Waals surface area contributed by atoms with E-state index in [-0.39, 0.29) is 11.8 Å². The minimum absolute atomic E-state index is 0.00438. The molecule has 1 aliphatic heterocycles. The number of fused-ring (bicyclic) bond motifs is 1. The first kappa shape index (κ1) is 27.1. The molecule has 1 saturated heterocycles. The fraction of sp³-hybridized carbons (Fsp3) is 0.176. The van der Waals surface area contributed by atoms with Crippen molar-refractivity contribution in [1.29, 1.82) is 0 Å². The Bertz CT molecular complexity index is 1670. The molecule has 0 radical (unpaired) electrons. The number of amides is 2. The SMILES string of the molecule is O=C(Cc1ccccc1)Nc1ccc(-c2ccc3ncc(N4CCN(CC(=O)Nc5ccccc5)CC4)nc3c2)cc1. The van der Waals surface area contributed by atoms with Crippen LogP contribution in [0.4, 0.5) is 17.2 Å². The number of hydrogen-bond donors (Lipinski definition) is 2. The van der Waals surface area contributed by atoms with Gasteiger partial charge in [0.2, 0.25) is 11.8 Å². The summed E-state index contributed by atoms with van der Waals surface area (Å²) in [4.78, 5) is 38.9. The van der Waals surface area contributed by atoms with Crippen LogP contribution >= 0.6 is 0 Å². The number of rotatable bonds is 8. The van der Waals surface area contributed by atoms with Crippen molar-refractivity contribution in [2.75, 3.05) is 48.3 Å². The van der Waals surface area contributed by atoms with Crippen molar-refractivity contribution in [3.05, 3.63) is 115 Å². The van der Waals surface area contributed by atoms with Crippen molar-refractivity contribution < 1.29 is 9.59 Å². The van der Waals surface area contributed by atoms with Gasteiger partial charge in [0.05, 0.1) is 30.2 Å². The fourth-order valence-corrected chi connectivity index (χ4v) is 5.13. The van der Waals surface area contributed by atoms with Gasteiger partial charge >= 0.3 is 0 Å². The van der Waals surface area contributed by atoms with E-state index in [0.29, 0.717) is 13.0 Å². The van der Waals surface area contributed by atoms with Gasteiger partial charge in [-0.15, -0.1) is 0 Å². The third kappa shape index (κ3) is 6.79. The van der Waals surface area contributed by atoms with Crippen LogP contribution in [0.15, 0.2) is 109 Å². The van der Waals surface area contributed by atoms with E-state index in [0.717, 1.165) is 71.1 Å². The van der Waals surface area contributed by atoms with Gasteiger partial charge in [-0.05, 0) is 53.1 Å². The Morgan fingerprint density at radius 1 is 0.667 bits per heavy atom. The Morgan fingerprint density at radius 3 is 2.05 bits per heavy atom. The molecule has 1 aliphatic rings. The summed E-state index contributed by atoms with van der Waals surface area (Å²) >= 11 is 0. The summed E-state index contributed by atoms with van der Waals surface area (Å²) in [6.07, 6.45) is 2.17. The first-order chi connectivity index (χ1) is 20.6. The number of anilines is 3. The molecule has 42 heavy (non-hydrogen) atoms. The molecule has 2 amide bonds. The lowest BCUT2D eigenvalue weighted by molar-refractivity contribution is -0.117. The van der Waals surface area contributed by atoms with Crippen LogP contribution in [0, 0.1) is 0 Å². The zero-order valence-electron chi connectivity index (χ0n) is 23.2. The van der Waals surface area contributed by atoms with Crippen LogP contribution in [0.5, 0.6) is 0 Å². The molecular weight excluding hydrogens is 524 g/mol. The van der Waals surface area contributed by atoms with Crippen LogP contribution < -0.4 is 15.5 Å². The second-order valence-electron chi connectivity index (χ2n) is 10.4. The molecule has 1 aromatic heterocycles. The number of nitrogens with one attached hydrogen (secondary N) is 2. The maximum Gasteiger partial charge on any atom is 0.238 e. The van der Waals surface area contributed by atoms with E-state index in [1.807, 2.05) is 103 Å². The van der Waals surface area contributed by atoms with Crippen LogP contribution in [0.2, 0.25) is 0 Å². The molecule has 6 rings (SSSR count). The van der Waals surface area contributed by atoms with E-state index in [1.54, 1.807) is 0 Å². The van der Waals surface area contributed by atoms with Gasteiger partial charge in [0, 0.05) is 37.6 Å². The van der Waals surface area contributed by atoms with Gasteiger partial charge in [0.25, 0.3) is 0 Å². The van der Waals surface area contributed by atoms with Gasteiger partial charge in [-0.25, -0.2) is 4.98 Å². The number of aromatic nitrogens is 2. The van der Waals surface area contributed by atoms with Crippen LogP contribution in [-0.2, 0) is 16.0 Å². The minimum atomic E-state index is -0.0428. The maximum atomic E-state index is 12.5. The zero-order chi connectivity index (χ0) is 28.7. The van der Waals surface area contributed by atoms with Gasteiger partial charge in [-0.3, -0.25) is 19.5 Å². The molecule has 5 aromatic rings. The number of piperazine rings is 1. The van der Waals surface area contributed by atoms with Crippen LogP contribution in [0.3, 0.4) is 0 Å². The minimum Gasteiger partial charge on any atom is -0.353 e. The molecule has 8 heteroatoms. The Morgan fingerprint density at radius 2 is 1.31 bits per heavy atom. The number of para-hydroxylation sites is 1. The predicted octanol–water partition coefficient (Wildman–Crippen LogP) is 5.24. The molecule has 0 atom stereocenters. The average Bonchev–Trinajstić information content (AvgIpc) is 3.02. The predicted molar refractivity (Wildman–Crippen MR) is 167 cm³/mol. The summed E-state index contributed by atoms with van der Waals surface area (Å²) in [6.45, 7) is 3.46. The molecule has 2 N–H and O–H groups in total. The van der Waals surface area contributed by atoms with Crippen LogP contribution in [-0.4, -0.2) is 59.4 Å². The van der Waals surface area contributed by atoms with Crippen molar-refractivity contribution in [2.24, 2.45) is 0 Å². The van der Waals surface area contributed by atoms with E-state index in [4.69, 9.17) is 4.98 Å². The highest BCUT2D eigenvalue weighted by atomic mass is 16.2. The smallest absolute Gasteiger partial charge is 0.238 e. The summed E-state index contributed by atoms with van der Waals surface area (Å²) in [5.74, 6) is 0.790.